The van der Waals surface area contributed by atoms with E-state index >= 15 is 0 Å². The molecule has 1 heteroatoms. The first-order valence-electron chi connectivity index (χ1n) is 15.3. The van der Waals surface area contributed by atoms with E-state index in [2.05, 4.69) is 20.8 Å². The van der Waals surface area contributed by atoms with Crippen LogP contribution in [0.25, 0.3) is 0 Å². The topological polar surface area (TPSA) is 0 Å². The molecule has 0 aromatic rings. The van der Waals surface area contributed by atoms with Crippen LogP contribution in [0.1, 0.15) is 149 Å². The summed E-state index contributed by atoms with van der Waals surface area (Å²) in [6.07, 6.45) is 30.5. The predicted octanol–water partition coefficient (Wildman–Crippen LogP) is 10.8. The lowest BCUT2D eigenvalue weighted by molar-refractivity contribution is 0.218. The highest BCUT2D eigenvalue weighted by Gasteiger charge is 2.25. The van der Waals surface area contributed by atoms with E-state index in [9.17, 15) is 0 Å². The average molecular weight is 447 g/mol. The van der Waals surface area contributed by atoms with Crippen molar-refractivity contribution in [2.45, 2.75) is 165 Å². The van der Waals surface area contributed by atoms with Crippen molar-refractivity contribution in [2.24, 2.45) is 23.7 Å². The van der Waals surface area contributed by atoms with Gasteiger partial charge in [-0.3, -0.25) is 0 Å². The van der Waals surface area contributed by atoms with Gasteiger partial charge in [-0.15, -0.1) is 0 Å². The predicted molar refractivity (Wildman–Crippen MR) is 143 cm³/mol. The van der Waals surface area contributed by atoms with Gasteiger partial charge in [-0.05, 0) is 23.7 Å². The summed E-state index contributed by atoms with van der Waals surface area (Å²) in [5.74, 6) is 4.35. The van der Waals surface area contributed by atoms with Crippen LogP contribution in [0.15, 0.2) is 0 Å². The molecule has 2 saturated carbocycles. The fourth-order valence-electron chi connectivity index (χ4n) is 7.27. The van der Waals surface area contributed by atoms with Gasteiger partial charge in [-0.25, -0.2) is 0 Å². The van der Waals surface area contributed by atoms with Crippen LogP contribution < -0.4 is 0 Å². The first kappa shape index (κ1) is 27.8. The van der Waals surface area contributed by atoms with E-state index in [1.165, 1.54) is 64.2 Å². The molecule has 2 fully saturated rings. The Morgan fingerprint density at radius 2 is 0.935 bits per heavy atom. The molecule has 0 amide bonds. The molecular weight excluding hydrogens is 387 g/mol. The monoisotopic (exact) mass is 446 g/mol. The Morgan fingerprint density at radius 1 is 0.548 bits per heavy atom. The van der Waals surface area contributed by atoms with E-state index in [1.54, 1.807) is 80.1 Å². The highest BCUT2D eigenvalue weighted by atomic mass is 27.2. The average Bonchev–Trinajstić information content (AvgIpc) is 2.83. The third kappa shape index (κ3) is 11.5. The molecule has 0 aromatic heterocycles. The van der Waals surface area contributed by atoms with Crippen LogP contribution >= 0.6 is 0 Å². The van der Waals surface area contributed by atoms with E-state index in [0.29, 0.717) is 0 Å². The van der Waals surface area contributed by atoms with E-state index in [-0.39, 0.29) is 0 Å². The van der Waals surface area contributed by atoms with Crippen molar-refractivity contribution in [1.29, 1.82) is 0 Å². The highest BCUT2D eigenvalue weighted by Crippen LogP contribution is 2.37. The van der Waals surface area contributed by atoms with E-state index in [1.807, 2.05) is 0 Å². The molecule has 0 bridgehead atoms. The van der Waals surface area contributed by atoms with Gasteiger partial charge in [0.2, 0.25) is 0 Å². The van der Waals surface area contributed by atoms with Crippen molar-refractivity contribution in [2.75, 3.05) is 0 Å². The summed E-state index contributed by atoms with van der Waals surface area (Å²) in [4.78, 5) is 0. The second-order valence-corrected chi connectivity index (χ2v) is 15.4. The van der Waals surface area contributed by atoms with Gasteiger partial charge in [0.1, 0.15) is 0 Å². The smallest absolute Gasteiger partial charge is 0.0967 e. The molecule has 182 valence electrons. The zero-order valence-corrected chi connectivity index (χ0v) is 23.3. The van der Waals surface area contributed by atoms with Crippen LogP contribution in [0.3, 0.4) is 0 Å². The molecule has 2 aliphatic carbocycles. The SMILES string of the molecule is CCCCC(CC[CH2][Al]([CH2]C)[CH2]CCC(CCCC)C1CCCCC1)C1CCCCC1. The lowest BCUT2D eigenvalue weighted by atomic mass is 9.76. The van der Waals surface area contributed by atoms with Gasteiger partial charge in [-0.2, -0.15) is 0 Å². The lowest BCUT2D eigenvalue weighted by Crippen LogP contribution is -2.20. The van der Waals surface area contributed by atoms with Gasteiger partial charge < -0.3 is 0 Å². The fourth-order valence-corrected chi connectivity index (χ4v) is 10.00. The molecule has 0 aromatic carbocycles. The number of hydrogen-bond donors (Lipinski definition) is 0. The Hall–Kier alpha value is 0.532. The summed E-state index contributed by atoms with van der Waals surface area (Å²) in [5.41, 5.74) is 0. The van der Waals surface area contributed by atoms with Gasteiger partial charge in [0.25, 0.3) is 14.1 Å². The summed E-state index contributed by atoms with van der Waals surface area (Å²) in [6, 6.07) is 0. The summed E-state index contributed by atoms with van der Waals surface area (Å²) >= 11 is -0.470. The maximum absolute atomic E-state index is 2.53. The van der Waals surface area contributed by atoms with Crippen LogP contribution in [0, 0.1) is 23.7 Å². The van der Waals surface area contributed by atoms with Crippen molar-refractivity contribution >= 4 is 14.1 Å². The molecule has 0 N–H and O–H groups in total. The summed E-state index contributed by atoms with van der Waals surface area (Å²) in [5, 5.41) is 4.88. The molecule has 0 nitrogen and oxygen atoms in total. The third-order valence-electron chi connectivity index (χ3n) is 9.44. The minimum Gasteiger partial charge on any atom is -0.0967 e. The molecule has 2 rings (SSSR count). The van der Waals surface area contributed by atoms with Crippen LogP contribution in [0.4, 0.5) is 0 Å². The molecule has 0 spiro atoms. The normalized spacial score (nSPS) is 20.6. The van der Waals surface area contributed by atoms with Gasteiger partial charge >= 0.3 is 0 Å². The zero-order valence-electron chi connectivity index (χ0n) is 22.2. The fraction of sp³-hybridized carbons (Fsp3) is 1.00. The molecule has 31 heavy (non-hydrogen) atoms. The largest absolute Gasteiger partial charge is 0.261 e. The zero-order chi connectivity index (χ0) is 22.2. The van der Waals surface area contributed by atoms with Crippen molar-refractivity contribution in [3.05, 3.63) is 0 Å². The quantitative estimate of drug-likeness (QED) is 0.195. The van der Waals surface area contributed by atoms with Crippen LogP contribution in [0.2, 0.25) is 15.8 Å². The Morgan fingerprint density at radius 3 is 1.29 bits per heavy atom. The molecule has 0 saturated heterocycles. The minimum absolute atomic E-state index is 0.470. The Bertz CT molecular complexity index is 357. The van der Waals surface area contributed by atoms with Crippen molar-refractivity contribution in [1.82, 2.24) is 0 Å². The Balaban J connectivity index is 1.70. The van der Waals surface area contributed by atoms with E-state index in [4.69, 9.17) is 0 Å². The molecule has 2 atom stereocenters. The third-order valence-corrected chi connectivity index (χ3v) is 13.0. The second kappa shape index (κ2) is 17.9. The van der Waals surface area contributed by atoms with Crippen molar-refractivity contribution in [3.8, 4) is 0 Å². The number of rotatable bonds is 17. The second-order valence-electron chi connectivity index (χ2n) is 11.7. The summed E-state index contributed by atoms with van der Waals surface area (Å²) < 4.78 is 0. The standard InChI is InChI=1S/2C14H27.C2H5.Al/c2*1-3-5-10-13(9-4-2)14-11-7-6-8-12-14;1-2;/h2*13-14H,2-12H2,1H3;1H2,2H3;. The molecule has 0 heterocycles. The van der Waals surface area contributed by atoms with Crippen LogP contribution in [0.5, 0.6) is 0 Å². The first-order chi connectivity index (χ1) is 15.3. The van der Waals surface area contributed by atoms with Gasteiger partial charge in [0.15, 0.2) is 0 Å². The maximum atomic E-state index is 2.53. The van der Waals surface area contributed by atoms with Crippen LogP contribution in [-0.2, 0) is 0 Å². The Kier molecular flexibility index (Phi) is 16.1. The van der Waals surface area contributed by atoms with Gasteiger partial charge in [0.05, 0.1) is 0 Å². The highest BCUT2D eigenvalue weighted by molar-refractivity contribution is 6.58. The molecule has 2 unspecified atom stereocenters. The lowest BCUT2D eigenvalue weighted by Gasteiger charge is -2.31. The number of hydrogen-bond acceptors (Lipinski definition) is 0. The minimum atomic E-state index is -0.470. The first-order valence-corrected chi connectivity index (χ1v) is 17.7. The molecule has 2 aliphatic rings. The van der Waals surface area contributed by atoms with Gasteiger partial charge in [-0.1, -0.05) is 165 Å². The summed E-state index contributed by atoms with van der Waals surface area (Å²) in [7, 11) is 0. The van der Waals surface area contributed by atoms with Crippen LogP contribution in [-0.4, -0.2) is 14.1 Å². The molecular formula is C30H59Al. The maximum Gasteiger partial charge on any atom is 0.261 e. The molecule has 0 radical (unpaired) electrons. The summed E-state index contributed by atoms with van der Waals surface area (Å²) in [6.45, 7) is 7.31. The van der Waals surface area contributed by atoms with Gasteiger partial charge in [0, 0.05) is 0 Å². The number of unbranched alkanes of at least 4 members (excludes halogenated alkanes) is 2. The van der Waals surface area contributed by atoms with Crippen molar-refractivity contribution in [3.63, 3.8) is 0 Å². The molecule has 0 aliphatic heterocycles. The Labute approximate surface area is 202 Å². The van der Waals surface area contributed by atoms with E-state index < -0.39 is 14.1 Å². The van der Waals surface area contributed by atoms with Crippen molar-refractivity contribution < 1.29 is 0 Å². The van der Waals surface area contributed by atoms with E-state index in [0.717, 1.165) is 23.7 Å².